The first-order valence-electron chi connectivity index (χ1n) is 12.9. The van der Waals surface area contributed by atoms with Gasteiger partial charge in [0.2, 0.25) is 0 Å². The number of carbonyl (C=O) groups excluding carboxylic acids is 1. The van der Waals surface area contributed by atoms with Crippen molar-refractivity contribution in [1.82, 2.24) is 4.57 Å². The summed E-state index contributed by atoms with van der Waals surface area (Å²) in [5.74, 6) is 0.0661. The summed E-state index contributed by atoms with van der Waals surface area (Å²) in [5, 5.41) is 1.40. The van der Waals surface area contributed by atoms with Crippen LogP contribution < -0.4 is 19.6 Å². The monoisotopic (exact) mass is 752 g/mol. The predicted octanol–water partition coefficient (Wildman–Crippen LogP) is 7.25. The van der Waals surface area contributed by atoms with Gasteiger partial charge in [0.25, 0.3) is 5.56 Å². The Labute approximate surface area is 275 Å². The van der Waals surface area contributed by atoms with E-state index in [-0.39, 0.29) is 18.8 Å². The first kappa shape index (κ1) is 30.8. The number of hydrogen-bond acceptors (Lipinski definition) is 6. The number of hydrogen-bond donors (Lipinski definition) is 0. The summed E-state index contributed by atoms with van der Waals surface area (Å²) in [5.41, 5.74) is 3.87. The zero-order valence-corrected chi connectivity index (χ0v) is 28.0. The molecule has 42 heavy (non-hydrogen) atoms. The molecule has 1 aromatic heterocycles. The molecule has 2 heterocycles. The minimum Gasteiger partial charge on any atom is -0.487 e. The summed E-state index contributed by atoms with van der Waals surface area (Å²) >= 11 is 22.1. The Balaban J connectivity index is 1.63. The van der Waals surface area contributed by atoms with Crippen molar-refractivity contribution in [3.63, 3.8) is 0 Å². The highest BCUT2D eigenvalue weighted by Crippen LogP contribution is 2.33. The number of aromatic nitrogens is 1. The van der Waals surface area contributed by atoms with Crippen LogP contribution in [0.1, 0.15) is 42.1 Å². The molecule has 0 N–H and O–H groups in total. The van der Waals surface area contributed by atoms with E-state index in [1.54, 1.807) is 48.8 Å². The average molecular weight is 754 g/mol. The van der Waals surface area contributed by atoms with Crippen molar-refractivity contribution in [3.8, 4) is 5.75 Å². The SMILES string of the molecule is CCOC(=O)C1=C(C)N=c2s/c(=C\c3cc(Cl)cc(I)c3OCc3ccc(Cl)c(Cl)c3)c(=O)n2[C@@H]1c1ccc(C)cc1. The van der Waals surface area contributed by atoms with Crippen LogP contribution >= 0.6 is 68.7 Å². The molecule has 1 atom stereocenters. The van der Waals surface area contributed by atoms with Crippen molar-refractivity contribution in [2.45, 2.75) is 33.4 Å². The van der Waals surface area contributed by atoms with Crippen molar-refractivity contribution in [2.24, 2.45) is 4.99 Å². The minimum atomic E-state index is -0.687. The highest BCUT2D eigenvalue weighted by Gasteiger charge is 2.33. The lowest BCUT2D eigenvalue weighted by Gasteiger charge is -2.24. The number of allylic oxidation sites excluding steroid dienone is 1. The van der Waals surface area contributed by atoms with Crippen LogP contribution in [0.5, 0.6) is 5.75 Å². The molecule has 3 aromatic carbocycles. The maximum Gasteiger partial charge on any atom is 0.338 e. The third kappa shape index (κ3) is 6.33. The van der Waals surface area contributed by atoms with E-state index < -0.39 is 12.0 Å². The summed E-state index contributed by atoms with van der Waals surface area (Å²) in [7, 11) is 0. The van der Waals surface area contributed by atoms with Crippen LogP contribution in [0.15, 0.2) is 75.7 Å². The van der Waals surface area contributed by atoms with Crippen LogP contribution in [-0.2, 0) is 16.1 Å². The van der Waals surface area contributed by atoms with Gasteiger partial charge in [-0.2, -0.15) is 0 Å². The molecular weight excluding hydrogens is 730 g/mol. The first-order valence-corrected chi connectivity index (χ1v) is 15.9. The summed E-state index contributed by atoms with van der Waals surface area (Å²) in [6.45, 7) is 5.93. The lowest BCUT2D eigenvalue weighted by Crippen LogP contribution is -2.39. The molecule has 0 saturated carbocycles. The molecule has 0 fully saturated rings. The molecular formula is C31H24Cl3IN2O4S. The summed E-state index contributed by atoms with van der Waals surface area (Å²) in [4.78, 5) is 32.3. The molecule has 6 nitrogen and oxygen atoms in total. The van der Waals surface area contributed by atoms with Gasteiger partial charge < -0.3 is 9.47 Å². The molecule has 11 heteroatoms. The highest BCUT2D eigenvalue weighted by molar-refractivity contribution is 14.1. The van der Waals surface area contributed by atoms with Gasteiger partial charge >= 0.3 is 5.97 Å². The van der Waals surface area contributed by atoms with Gasteiger partial charge in [-0.25, -0.2) is 9.79 Å². The van der Waals surface area contributed by atoms with E-state index in [1.165, 1.54) is 11.3 Å². The third-order valence-corrected chi connectivity index (χ3v) is 9.34. The Bertz CT molecular complexity index is 1920. The van der Waals surface area contributed by atoms with Crippen molar-refractivity contribution < 1.29 is 14.3 Å². The summed E-state index contributed by atoms with van der Waals surface area (Å²) in [6, 6.07) is 15.9. The first-order chi connectivity index (χ1) is 20.1. The van der Waals surface area contributed by atoms with Crippen LogP contribution in [-0.4, -0.2) is 17.1 Å². The molecule has 1 aliphatic rings. The zero-order chi connectivity index (χ0) is 30.1. The number of thiazole rings is 1. The number of carbonyl (C=O) groups is 1. The Kier molecular flexibility index (Phi) is 9.49. The Morgan fingerprint density at radius 1 is 1.07 bits per heavy atom. The smallest absolute Gasteiger partial charge is 0.338 e. The van der Waals surface area contributed by atoms with Crippen molar-refractivity contribution in [3.05, 3.63) is 126 Å². The number of fused-ring (bicyclic) bond motifs is 1. The zero-order valence-electron chi connectivity index (χ0n) is 22.7. The topological polar surface area (TPSA) is 69.9 Å². The second-order valence-electron chi connectivity index (χ2n) is 9.56. The van der Waals surface area contributed by atoms with Crippen LogP contribution in [0.4, 0.5) is 0 Å². The van der Waals surface area contributed by atoms with E-state index in [2.05, 4.69) is 27.6 Å². The second kappa shape index (κ2) is 12.9. The Hall–Kier alpha value is -2.63. The number of aryl methyl sites for hydroxylation is 1. The van der Waals surface area contributed by atoms with Gasteiger partial charge in [-0.3, -0.25) is 9.36 Å². The molecule has 4 aromatic rings. The van der Waals surface area contributed by atoms with Crippen molar-refractivity contribution >= 4 is 80.8 Å². The van der Waals surface area contributed by atoms with Crippen molar-refractivity contribution in [1.29, 1.82) is 0 Å². The van der Waals surface area contributed by atoms with Gasteiger partial charge in [-0.15, -0.1) is 0 Å². The van der Waals surface area contributed by atoms with Crippen LogP contribution in [0.3, 0.4) is 0 Å². The van der Waals surface area contributed by atoms with Gasteiger partial charge in [0.05, 0.1) is 42.1 Å². The summed E-state index contributed by atoms with van der Waals surface area (Å²) < 4.78 is 14.4. The average Bonchev–Trinajstić information content (AvgIpc) is 3.24. The number of nitrogens with zero attached hydrogens (tertiary/aromatic N) is 2. The number of rotatable bonds is 7. The fourth-order valence-corrected chi connectivity index (χ4v) is 7.19. The van der Waals surface area contributed by atoms with E-state index in [0.29, 0.717) is 47.0 Å². The van der Waals surface area contributed by atoms with E-state index in [0.717, 1.165) is 20.3 Å². The van der Waals surface area contributed by atoms with Crippen molar-refractivity contribution in [2.75, 3.05) is 6.61 Å². The second-order valence-corrected chi connectivity index (χ2v) is 13.0. The molecule has 0 saturated heterocycles. The molecule has 5 rings (SSSR count). The number of ether oxygens (including phenoxy) is 2. The molecule has 0 amide bonds. The van der Waals surface area contributed by atoms with E-state index in [4.69, 9.17) is 44.3 Å². The molecule has 0 bridgehead atoms. The maximum atomic E-state index is 14.0. The molecule has 0 radical (unpaired) electrons. The van der Waals surface area contributed by atoms with Gasteiger partial charge in [0.15, 0.2) is 4.80 Å². The lowest BCUT2D eigenvalue weighted by molar-refractivity contribution is -0.139. The van der Waals surface area contributed by atoms with Gasteiger partial charge in [0.1, 0.15) is 12.4 Å². The Morgan fingerprint density at radius 2 is 1.81 bits per heavy atom. The normalized spacial score (nSPS) is 14.9. The quantitative estimate of drug-likeness (QED) is 0.147. The number of halogens is 4. The molecule has 216 valence electrons. The maximum absolute atomic E-state index is 14.0. The van der Waals surface area contributed by atoms with Gasteiger partial charge in [0, 0.05) is 10.6 Å². The molecule has 0 unspecified atom stereocenters. The molecule has 0 spiro atoms. The summed E-state index contributed by atoms with van der Waals surface area (Å²) in [6.07, 6.45) is 1.75. The third-order valence-electron chi connectivity index (χ3n) is 6.60. The van der Waals surface area contributed by atoms with E-state index >= 15 is 0 Å². The fraction of sp³-hybridized carbons (Fsp3) is 0.194. The van der Waals surface area contributed by atoms with Crippen LogP contribution in [0.2, 0.25) is 15.1 Å². The molecule has 0 aliphatic carbocycles. The van der Waals surface area contributed by atoms with Crippen LogP contribution in [0, 0.1) is 10.5 Å². The predicted molar refractivity (Wildman–Crippen MR) is 177 cm³/mol. The Morgan fingerprint density at radius 3 is 2.50 bits per heavy atom. The van der Waals surface area contributed by atoms with Gasteiger partial charge in [-0.1, -0.05) is 82.0 Å². The fourth-order valence-electron chi connectivity index (χ4n) is 4.62. The standard InChI is InChI=1S/C31H24Cl3IN2O4S/c1-4-40-30(39)26-17(3)36-31-37(27(26)19-8-5-16(2)6-9-19)29(38)25(42-31)13-20-12-21(32)14-24(35)28(20)41-15-18-7-10-22(33)23(34)11-18/h5-14,27H,4,15H2,1-3H3/b25-13-/t27-/m1/s1. The highest BCUT2D eigenvalue weighted by atomic mass is 127. The lowest BCUT2D eigenvalue weighted by atomic mass is 9.95. The van der Waals surface area contributed by atoms with E-state index in [9.17, 15) is 9.59 Å². The largest absolute Gasteiger partial charge is 0.487 e. The number of esters is 1. The minimum absolute atomic E-state index is 0.207. The van der Waals surface area contributed by atoms with E-state index in [1.807, 2.05) is 37.3 Å². The number of benzene rings is 3. The van der Waals surface area contributed by atoms with Crippen LogP contribution in [0.25, 0.3) is 6.08 Å². The van der Waals surface area contributed by atoms with Gasteiger partial charge in [-0.05, 0) is 84.8 Å². The molecule has 1 aliphatic heterocycles.